The van der Waals surface area contributed by atoms with Crippen LogP contribution >= 0.6 is 15.9 Å². The van der Waals surface area contributed by atoms with E-state index in [4.69, 9.17) is 4.74 Å². The number of unbranched alkanes of at least 4 members (excludes halogenated alkanes) is 1. The molecule has 19 heavy (non-hydrogen) atoms. The second kappa shape index (κ2) is 7.06. The Morgan fingerprint density at radius 3 is 2.63 bits per heavy atom. The monoisotopic (exact) mass is 328 g/mol. The summed E-state index contributed by atoms with van der Waals surface area (Å²) in [6.45, 7) is 3.73. The van der Waals surface area contributed by atoms with E-state index in [9.17, 15) is 9.90 Å². The predicted molar refractivity (Wildman–Crippen MR) is 78.7 cm³/mol. The second-order valence-electron chi connectivity index (χ2n) is 4.85. The number of esters is 1. The largest absolute Gasteiger partial charge is 0.469 e. The van der Waals surface area contributed by atoms with Gasteiger partial charge in [-0.3, -0.25) is 4.79 Å². The Hall–Kier alpha value is -0.870. The van der Waals surface area contributed by atoms with Crippen LogP contribution in [0.5, 0.6) is 0 Å². The minimum absolute atomic E-state index is 0.366. The molecule has 0 saturated heterocycles. The highest BCUT2D eigenvalue weighted by Crippen LogP contribution is 2.37. The second-order valence-corrected chi connectivity index (χ2v) is 5.70. The summed E-state index contributed by atoms with van der Waals surface area (Å²) < 4.78 is 5.64. The summed E-state index contributed by atoms with van der Waals surface area (Å²) in [7, 11) is 1.36. The van der Waals surface area contributed by atoms with E-state index < -0.39 is 11.5 Å². The first-order valence-corrected chi connectivity index (χ1v) is 7.29. The number of hydrogen-bond donors (Lipinski definition) is 1. The van der Waals surface area contributed by atoms with Crippen LogP contribution in [-0.2, 0) is 15.1 Å². The van der Waals surface area contributed by atoms with Crippen molar-refractivity contribution in [3.63, 3.8) is 0 Å². The Morgan fingerprint density at radius 2 is 2.11 bits per heavy atom. The molecule has 0 aliphatic rings. The first-order chi connectivity index (χ1) is 8.95. The third-order valence-corrected chi connectivity index (χ3v) is 4.12. The van der Waals surface area contributed by atoms with Crippen molar-refractivity contribution in [2.45, 2.75) is 38.7 Å². The van der Waals surface area contributed by atoms with E-state index in [1.54, 1.807) is 6.92 Å². The van der Waals surface area contributed by atoms with Crippen molar-refractivity contribution in [3.05, 3.63) is 34.3 Å². The quantitative estimate of drug-likeness (QED) is 0.811. The zero-order chi connectivity index (χ0) is 14.5. The molecule has 106 valence electrons. The number of hydrogen-bond acceptors (Lipinski definition) is 3. The lowest BCUT2D eigenvalue weighted by molar-refractivity contribution is -0.156. The van der Waals surface area contributed by atoms with Gasteiger partial charge in [-0.2, -0.15) is 0 Å². The lowest BCUT2D eigenvalue weighted by atomic mass is 9.80. The molecule has 2 atom stereocenters. The molecular weight excluding hydrogens is 308 g/mol. The van der Waals surface area contributed by atoms with Crippen LogP contribution in [0.2, 0.25) is 0 Å². The van der Waals surface area contributed by atoms with Crippen LogP contribution in [0, 0.1) is 5.92 Å². The SMILES string of the molecule is CCCCC(C(=O)OC)C(C)(O)c1ccccc1Br. The van der Waals surface area contributed by atoms with Crippen molar-refractivity contribution in [3.8, 4) is 0 Å². The van der Waals surface area contributed by atoms with Gasteiger partial charge < -0.3 is 9.84 Å². The third-order valence-electron chi connectivity index (χ3n) is 3.43. The first-order valence-electron chi connectivity index (χ1n) is 6.50. The van der Waals surface area contributed by atoms with Gasteiger partial charge in [0.25, 0.3) is 0 Å². The molecule has 1 rings (SSSR count). The van der Waals surface area contributed by atoms with Gasteiger partial charge >= 0.3 is 5.97 Å². The van der Waals surface area contributed by atoms with Gasteiger partial charge in [0.2, 0.25) is 0 Å². The van der Waals surface area contributed by atoms with Gasteiger partial charge in [-0.05, 0) is 25.0 Å². The molecule has 0 spiro atoms. The summed E-state index contributed by atoms with van der Waals surface area (Å²) in [6.07, 6.45) is 2.46. The van der Waals surface area contributed by atoms with Crippen LogP contribution in [0.25, 0.3) is 0 Å². The van der Waals surface area contributed by atoms with Gasteiger partial charge in [0.15, 0.2) is 0 Å². The molecule has 0 radical (unpaired) electrons. The van der Waals surface area contributed by atoms with E-state index in [1.165, 1.54) is 7.11 Å². The van der Waals surface area contributed by atoms with Gasteiger partial charge in [-0.1, -0.05) is 53.9 Å². The summed E-state index contributed by atoms with van der Waals surface area (Å²) in [5, 5.41) is 10.8. The Morgan fingerprint density at radius 1 is 1.47 bits per heavy atom. The van der Waals surface area contributed by atoms with Crippen LogP contribution < -0.4 is 0 Å². The van der Waals surface area contributed by atoms with Gasteiger partial charge in [-0.25, -0.2) is 0 Å². The molecule has 0 aromatic heterocycles. The number of rotatable bonds is 6. The van der Waals surface area contributed by atoms with E-state index in [0.717, 1.165) is 17.3 Å². The van der Waals surface area contributed by atoms with Crippen LogP contribution in [0.4, 0.5) is 0 Å². The average Bonchev–Trinajstić information content (AvgIpc) is 2.38. The average molecular weight is 329 g/mol. The molecule has 4 heteroatoms. The molecular formula is C15H21BrO3. The van der Waals surface area contributed by atoms with Crippen molar-refractivity contribution in [2.75, 3.05) is 7.11 Å². The van der Waals surface area contributed by atoms with Crippen molar-refractivity contribution >= 4 is 21.9 Å². The summed E-state index contributed by atoms with van der Waals surface area (Å²) >= 11 is 3.43. The Kier molecular flexibility index (Phi) is 6.01. The summed E-state index contributed by atoms with van der Waals surface area (Å²) in [5.41, 5.74) is -0.538. The van der Waals surface area contributed by atoms with Crippen LogP contribution in [0.3, 0.4) is 0 Å². The van der Waals surface area contributed by atoms with Crippen molar-refractivity contribution in [1.29, 1.82) is 0 Å². The number of benzene rings is 1. The van der Waals surface area contributed by atoms with E-state index in [2.05, 4.69) is 22.9 Å². The highest BCUT2D eigenvalue weighted by molar-refractivity contribution is 9.10. The Bertz CT molecular complexity index is 429. The molecule has 3 nitrogen and oxygen atoms in total. The molecule has 0 bridgehead atoms. The number of carbonyl (C=O) groups is 1. The van der Waals surface area contributed by atoms with E-state index in [1.807, 2.05) is 24.3 Å². The smallest absolute Gasteiger partial charge is 0.311 e. The Labute approximate surface area is 123 Å². The highest BCUT2D eigenvalue weighted by Gasteiger charge is 2.40. The predicted octanol–water partition coefficient (Wildman–Crippen LogP) is 3.64. The van der Waals surface area contributed by atoms with Crippen molar-refractivity contribution in [2.24, 2.45) is 5.92 Å². The van der Waals surface area contributed by atoms with Gasteiger partial charge in [0.05, 0.1) is 13.0 Å². The zero-order valence-electron chi connectivity index (χ0n) is 11.6. The maximum Gasteiger partial charge on any atom is 0.311 e. The number of halogens is 1. The number of ether oxygens (including phenoxy) is 1. The maximum absolute atomic E-state index is 12.0. The number of aliphatic hydroxyl groups is 1. The standard InChI is InChI=1S/C15H21BrO3/c1-4-5-8-12(14(17)19-3)15(2,18)11-9-6-7-10-13(11)16/h6-7,9-10,12,18H,4-5,8H2,1-3H3. The molecule has 2 unspecified atom stereocenters. The van der Waals surface area contributed by atoms with Gasteiger partial charge in [0, 0.05) is 4.47 Å². The minimum atomic E-state index is -1.25. The van der Waals surface area contributed by atoms with Crippen LogP contribution in [0.1, 0.15) is 38.7 Å². The summed E-state index contributed by atoms with van der Waals surface area (Å²) in [5.74, 6) is -0.926. The zero-order valence-corrected chi connectivity index (χ0v) is 13.2. The van der Waals surface area contributed by atoms with E-state index in [-0.39, 0.29) is 5.97 Å². The molecule has 0 aliphatic carbocycles. The van der Waals surface area contributed by atoms with Crippen molar-refractivity contribution in [1.82, 2.24) is 0 Å². The molecule has 0 fully saturated rings. The lowest BCUT2D eigenvalue weighted by Gasteiger charge is -2.32. The molecule has 0 heterocycles. The first kappa shape index (κ1) is 16.2. The van der Waals surface area contributed by atoms with Crippen molar-refractivity contribution < 1.29 is 14.6 Å². The Balaban J connectivity index is 3.11. The highest BCUT2D eigenvalue weighted by atomic mass is 79.9. The molecule has 1 aromatic rings. The molecule has 0 saturated carbocycles. The fourth-order valence-corrected chi connectivity index (χ4v) is 2.92. The molecule has 1 N–H and O–H groups in total. The van der Waals surface area contributed by atoms with E-state index in [0.29, 0.717) is 12.0 Å². The molecule has 0 aliphatic heterocycles. The van der Waals surface area contributed by atoms with Gasteiger partial charge in [0.1, 0.15) is 5.60 Å². The number of methoxy groups -OCH3 is 1. The molecule has 0 amide bonds. The maximum atomic E-state index is 12.0. The van der Waals surface area contributed by atoms with Crippen LogP contribution in [0.15, 0.2) is 28.7 Å². The molecule has 1 aromatic carbocycles. The lowest BCUT2D eigenvalue weighted by Crippen LogP contribution is -2.38. The summed E-state index contributed by atoms with van der Waals surface area (Å²) in [4.78, 5) is 12.0. The summed E-state index contributed by atoms with van der Waals surface area (Å²) in [6, 6.07) is 7.41. The normalized spacial score (nSPS) is 15.6. The van der Waals surface area contributed by atoms with Gasteiger partial charge in [-0.15, -0.1) is 0 Å². The van der Waals surface area contributed by atoms with E-state index >= 15 is 0 Å². The fraction of sp³-hybridized carbons (Fsp3) is 0.533. The van der Waals surface area contributed by atoms with Crippen LogP contribution in [-0.4, -0.2) is 18.2 Å². The third kappa shape index (κ3) is 3.80. The minimum Gasteiger partial charge on any atom is -0.469 e. The number of carbonyl (C=O) groups excluding carboxylic acids is 1. The topological polar surface area (TPSA) is 46.5 Å². The fourth-order valence-electron chi connectivity index (χ4n) is 2.24.